The Labute approximate surface area is 91.1 Å². The highest BCUT2D eigenvalue weighted by molar-refractivity contribution is 9.08. The van der Waals surface area contributed by atoms with Crippen molar-refractivity contribution in [3.8, 4) is 0 Å². The van der Waals surface area contributed by atoms with E-state index in [0.29, 0.717) is 0 Å². The third kappa shape index (κ3) is 2.28. The zero-order valence-corrected chi connectivity index (χ0v) is 8.76. The van der Waals surface area contributed by atoms with Crippen LogP contribution in [0.15, 0.2) is 6.20 Å². The van der Waals surface area contributed by atoms with Crippen molar-refractivity contribution in [1.29, 1.82) is 0 Å². The Bertz CT molecular complexity index is 398. The number of aromatic nitrogens is 1. The number of carboxylic acid groups (broad SMARTS) is 1. The Morgan fingerprint density at radius 3 is 2.60 bits per heavy atom. The molecule has 0 amide bonds. The molecule has 0 atom stereocenters. The summed E-state index contributed by atoms with van der Waals surface area (Å²) in [7, 11) is 0. The minimum Gasteiger partial charge on any atom is -0.478 e. The fourth-order valence-electron chi connectivity index (χ4n) is 1.00. The number of aromatic carboxylic acids is 1. The molecule has 3 nitrogen and oxygen atoms in total. The first-order valence-corrected chi connectivity index (χ1v) is 4.85. The molecule has 0 bridgehead atoms. The molecule has 0 aromatic carbocycles. The van der Waals surface area contributed by atoms with Crippen molar-refractivity contribution in [3.63, 3.8) is 0 Å². The maximum Gasteiger partial charge on any atom is 0.340 e. The zero-order valence-electron chi connectivity index (χ0n) is 7.18. The lowest BCUT2D eigenvalue weighted by Crippen LogP contribution is -2.10. The van der Waals surface area contributed by atoms with E-state index in [4.69, 9.17) is 5.11 Å². The van der Waals surface area contributed by atoms with Gasteiger partial charge in [0.25, 0.3) is 6.43 Å². The molecular formula is C8H5BrF3NO2. The molecule has 0 saturated heterocycles. The van der Waals surface area contributed by atoms with Crippen molar-refractivity contribution in [3.05, 3.63) is 28.8 Å². The van der Waals surface area contributed by atoms with E-state index in [2.05, 4.69) is 20.9 Å². The van der Waals surface area contributed by atoms with Crippen molar-refractivity contribution < 1.29 is 23.1 Å². The maximum absolute atomic E-state index is 13.4. The van der Waals surface area contributed by atoms with Crippen LogP contribution >= 0.6 is 15.9 Å². The summed E-state index contributed by atoms with van der Waals surface area (Å²) in [6.07, 6.45) is -2.23. The molecule has 0 aliphatic carbocycles. The number of halogens is 4. The maximum atomic E-state index is 13.4. The van der Waals surface area contributed by atoms with Gasteiger partial charge in [0.15, 0.2) is 0 Å². The smallest absolute Gasteiger partial charge is 0.340 e. The van der Waals surface area contributed by atoms with Crippen LogP contribution in [0, 0.1) is 5.82 Å². The molecule has 0 spiro atoms. The first-order valence-electron chi connectivity index (χ1n) is 3.73. The number of rotatable bonds is 3. The van der Waals surface area contributed by atoms with Crippen LogP contribution in [0.5, 0.6) is 0 Å². The predicted octanol–water partition coefficient (Wildman–Crippen LogP) is 2.75. The van der Waals surface area contributed by atoms with Crippen LogP contribution in [0.2, 0.25) is 0 Å². The van der Waals surface area contributed by atoms with Gasteiger partial charge in [0.1, 0.15) is 17.1 Å². The molecule has 0 saturated carbocycles. The first-order chi connectivity index (χ1) is 6.99. The van der Waals surface area contributed by atoms with E-state index in [1.807, 2.05) is 0 Å². The van der Waals surface area contributed by atoms with Gasteiger partial charge < -0.3 is 5.11 Å². The highest BCUT2D eigenvalue weighted by atomic mass is 79.9. The number of carboxylic acids is 1. The van der Waals surface area contributed by atoms with Gasteiger partial charge in [-0.05, 0) is 0 Å². The lowest BCUT2D eigenvalue weighted by Gasteiger charge is -2.07. The molecule has 1 aromatic rings. The normalized spacial score (nSPS) is 10.7. The van der Waals surface area contributed by atoms with Crippen LogP contribution in [0.1, 0.15) is 28.0 Å². The Kier molecular flexibility index (Phi) is 3.67. The Morgan fingerprint density at radius 2 is 2.20 bits per heavy atom. The van der Waals surface area contributed by atoms with Crippen molar-refractivity contribution in [1.82, 2.24) is 4.98 Å². The Balaban J connectivity index is 3.44. The molecule has 1 N–H and O–H groups in total. The second-order valence-electron chi connectivity index (χ2n) is 2.60. The average Bonchev–Trinajstić information content (AvgIpc) is 2.16. The minimum atomic E-state index is -3.12. The summed E-state index contributed by atoms with van der Waals surface area (Å²) in [5.74, 6) is -2.93. The van der Waals surface area contributed by atoms with Crippen LogP contribution in [0.4, 0.5) is 13.2 Å². The molecular weight excluding hydrogens is 279 g/mol. The van der Waals surface area contributed by atoms with Gasteiger partial charge in [0.05, 0.1) is 0 Å². The van der Waals surface area contributed by atoms with E-state index in [-0.39, 0.29) is 10.9 Å². The molecule has 82 valence electrons. The van der Waals surface area contributed by atoms with Crippen LogP contribution in [-0.4, -0.2) is 16.1 Å². The van der Waals surface area contributed by atoms with Gasteiger partial charge in [-0.2, -0.15) is 0 Å². The minimum absolute atomic E-state index is 0.00955. The molecule has 1 rings (SSSR count). The van der Waals surface area contributed by atoms with Gasteiger partial charge in [0, 0.05) is 17.1 Å². The first kappa shape index (κ1) is 12.0. The van der Waals surface area contributed by atoms with E-state index in [9.17, 15) is 18.0 Å². The number of hydrogen-bond acceptors (Lipinski definition) is 2. The molecule has 1 heterocycles. The SMILES string of the molecule is O=C(O)c1c(C(F)F)ncc(CBr)c1F. The summed E-state index contributed by atoms with van der Waals surface area (Å²) in [5.41, 5.74) is -2.19. The van der Waals surface area contributed by atoms with E-state index in [1.54, 1.807) is 0 Å². The second-order valence-corrected chi connectivity index (χ2v) is 3.16. The summed E-state index contributed by atoms with van der Waals surface area (Å²) in [6.45, 7) is 0. The lowest BCUT2D eigenvalue weighted by atomic mass is 10.1. The lowest BCUT2D eigenvalue weighted by molar-refractivity contribution is 0.0675. The topological polar surface area (TPSA) is 50.2 Å². The summed E-state index contributed by atoms with van der Waals surface area (Å²) >= 11 is 2.89. The molecule has 0 aliphatic heterocycles. The summed E-state index contributed by atoms with van der Waals surface area (Å²) < 4.78 is 38.0. The predicted molar refractivity (Wildman–Crippen MR) is 48.7 cm³/mol. The number of pyridine rings is 1. The van der Waals surface area contributed by atoms with Crippen LogP contribution < -0.4 is 0 Å². The van der Waals surface area contributed by atoms with Crippen LogP contribution in [-0.2, 0) is 5.33 Å². The van der Waals surface area contributed by atoms with Gasteiger partial charge in [0.2, 0.25) is 0 Å². The van der Waals surface area contributed by atoms with Crippen molar-refractivity contribution in [2.45, 2.75) is 11.8 Å². The van der Waals surface area contributed by atoms with Crippen LogP contribution in [0.3, 0.4) is 0 Å². The summed E-state index contributed by atoms with van der Waals surface area (Å²) in [4.78, 5) is 13.8. The Morgan fingerprint density at radius 1 is 1.60 bits per heavy atom. The highest BCUT2D eigenvalue weighted by Gasteiger charge is 2.25. The van der Waals surface area contributed by atoms with Gasteiger partial charge in [-0.1, -0.05) is 15.9 Å². The molecule has 0 fully saturated rings. The van der Waals surface area contributed by atoms with E-state index >= 15 is 0 Å². The van der Waals surface area contributed by atoms with Gasteiger partial charge in [-0.3, -0.25) is 4.98 Å². The van der Waals surface area contributed by atoms with Crippen molar-refractivity contribution in [2.75, 3.05) is 0 Å². The van der Waals surface area contributed by atoms with Crippen molar-refractivity contribution in [2.24, 2.45) is 0 Å². The second kappa shape index (κ2) is 4.61. The van der Waals surface area contributed by atoms with Crippen molar-refractivity contribution >= 4 is 21.9 Å². The summed E-state index contributed by atoms with van der Waals surface area (Å²) in [5, 5.41) is 8.60. The molecule has 0 unspecified atom stereocenters. The average molecular weight is 284 g/mol. The number of nitrogens with zero attached hydrogens (tertiary/aromatic N) is 1. The number of alkyl halides is 3. The van der Waals surface area contributed by atoms with Crippen LogP contribution in [0.25, 0.3) is 0 Å². The highest BCUT2D eigenvalue weighted by Crippen LogP contribution is 2.25. The fraction of sp³-hybridized carbons (Fsp3) is 0.250. The standard InChI is InChI=1S/C8H5BrF3NO2/c9-1-3-2-13-6(7(11)12)4(5(3)10)8(14)15/h2,7H,1H2,(H,14,15). The molecule has 1 aromatic heterocycles. The third-order valence-electron chi connectivity index (χ3n) is 1.68. The van der Waals surface area contributed by atoms with E-state index in [1.165, 1.54) is 0 Å². The van der Waals surface area contributed by atoms with Gasteiger partial charge in [-0.25, -0.2) is 18.0 Å². The third-order valence-corrected chi connectivity index (χ3v) is 2.29. The molecule has 0 aliphatic rings. The van der Waals surface area contributed by atoms with E-state index in [0.717, 1.165) is 6.20 Å². The monoisotopic (exact) mass is 283 g/mol. The molecule has 7 heteroatoms. The van der Waals surface area contributed by atoms with Gasteiger partial charge in [-0.15, -0.1) is 0 Å². The largest absolute Gasteiger partial charge is 0.478 e. The molecule has 0 radical (unpaired) electrons. The molecule has 15 heavy (non-hydrogen) atoms. The van der Waals surface area contributed by atoms with Gasteiger partial charge >= 0.3 is 5.97 Å². The summed E-state index contributed by atoms with van der Waals surface area (Å²) in [6, 6.07) is 0. The van der Waals surface area contributed by atoms with E-state index < -0.39 is 29.5 Å². The number of carbonyl (C=O) groups is 1. The number of hydrogen-bond donors (Lipinski definition) is 1. The Hall–Kier alpha value is -1.11. The quantitative estimate of drug-likeness (QED) is 0.868. The fourth-order valence-corrected chi connectivity index (χ4v) is 1.39. The zero-order chi connectivity index (χ0) is 11.6.